The Hall–Kier alpha value is -3.26. The molecule has 3 N–H and O–H groups in total. The van der Waals surface area contributed by atoms with Crippen molar-refractivity contribution >= 4 is 5.82 Å². The normalized spacial score (nSPS) is 10.2. The minimum Gasteiger partial charge on any atom is -0.508 e. The van der Waals surface area contributed by atoms with Crippen molar-refractivity contribution in [2.75, 3.05) is 5.73 Å². The molecule has 0 aliphatic rings. The zero-order valence-electron chi connectivity index (χ0n) is 10.9. The van der Waals surface area contributed by atoms with Gasteiger partial charge >= 0.3 is 0 Å². The van der Waals surface area contributed by atoms with Crippen LogP contribution in [0.2, 0.25) is 0 Å². The number of phenolic OH excluding ortho intramolecular Hbond substituents is 1. The van der Waals surface area contributed by atoms with Gasteiger partial charge < -0.3 is 15.3 Å². The molecule has 0 amide bonds. The summed E-state index contributed by atoms with van der Waals surface area (Å²) < 4.78 is 5.35. The maximum atomic E-state index is 9.34. The molecule has 0 unspecified atom stereocenters. The average Bonchev–Trinajstić information content (AvgIpc) is 3.01. The van der Waals surface area contributed by atoms with Gasteiger partial charge in [0, 0.05) is 11.1 Å². The van der Waals surface area contributed by atoms with E-state index in [0.717, 1.165) is 5.56 Å². The van der Waals surface area contributed by atoms with Crippen molar-refractivity contribution in [2.24, 2.45) is 0 Å². The summed E-state index contributed by atoms with van der Waals surface area (Å²) in [6, 6.07) is 13.9. The first-order chi connectivity index (χ1) is 10.2. The summed E-state index contributed by atoms with van der Waals surface area (Å²) in [6.45, 7) is 0. The van der Waals surface area contributed by atoms with Crippen LogP contribution in [0.1, 0.15) is 5.56 Å². The first-order valence-corrected chi connectivity index (χ1v) is 6.23. The maximum absolute atomic E-state index is 9.34. The van der Waals surface area contributed by atoms with Gasteiger partial charge in [-0.1, -0.05) is 0 Å². The lowest BCUT2D eigenvalue weighted by Crippen LogP contribution is -1.99. The Labute approximate surface area is 120 Å². The molecule has 0 atom stereocenters. The summed E-state index contributed by atoms with van der Waals surface area (Å²) in [5, 5.41) is 18.6. The SMILES string of the molecule is N#Cc1c(-c2ccco2)cc(-c2ccc(O)cc2)nc1N. The van der Waals surface area contributed by atoms with Gasteiger partial charge in [0.1, 0.15) is 29.0 Å². The zero-order chi connectivity index (χ0) is 14.8. The van der Waals surface area contributed by atoms with Crippen LogP contribution >= 0.6 is 0 Å². The van der Waals surface area contributed by atoms with Gasteiger partial charge in [0.15, 0.2) is 0 Å². The van der Waals surface area contributed by atoms with Gasteiger partial charge in [0.05, 0.1) is 12.0 Å². The highest BCUT2D eigenvalue weighted by Gasteiger charge is 2.15. The summed E-state index contributed by atoms with van der Waals surface area (Å²) in [5.41, 5.74) is 8.16. The number of nitrogen functional groups attached to an aromatic ring is 1. The fourth-order valence-electron chi connectivity index (χ4n) is 2.09. The van der Waals surface area contributed by atoms with E-state index in [2.05, 4.69) is 11.1 Å². The number of pyridine rings is 1. The molecule has 21 heavy (non-hydrogen) atoms. The van der Waals surface area contributed by atoms with Gasteiger partial charge in [0.25, 0.3) is 0 Å². The number of benzene rings is 1. The number of hydrogen-bond donors (Lipinski definition) is 2. The van der Waals surface area contributed by atoms with Crippen LogP contribution in [0.25, 0.3) is 22.6 Å². The monoisotopic (exact) mass is 277 g/mol. The van der Waals surface area contributed by atoms with Gasteiger partial charge in [-0.15, -0.1) is 0 Å². The van der Waals surface area contributed by atoms with Crippen molar-refractivity contribution in [1.82, 2.24) is 4.98 Å². The molecule has 0 aliphatic carbocycles. The smallest absolute Gasteiger partial charge is 0.142 e. The molecule has 0 saturated heterocycles. The van der Waals surface area contributed by atoms with E-state index in [9.17, 15) is 10.4 Å². The van der Waals surface area contributed by atoms with Gasteiger partial charge in [-0.05, 0) is 42.5 Å². The third-order valence-electron chi connectivity index (χ3n) is 3.11. The molecule has 5 nitrogen and oxygen atoms in total. The van der Waals surface area contributed by atoms with Crippen molar-refractivity contribution in [2.45, 2.75) is 0 Å². The molecule has 0 radical (unpaired) electrons. The van der Waals surface area contributed by atoms with E-state index in [0.29, 0.717) is 17.0 Å². The number of nitrogens with two attached hydrogens (primary N) is 1. The molecule has 102 valence electrons. The van der Waals surface area contributed by atoms with Crippen LogP contribution in [0.3, 0.4) is 0 Å². The summed E-state index contributed by atoms with van der Waals surface area (Å²) in [6.07, 6.45) is 1.54. The summed E-state index contributed by atoms with van der Waals surface area (Å²) >= 11 is 0. The minimum absolute atomic E-state index is 0.148. The number of nitriles is 1. The quantitative estimate of drug-likeness (QED) is 0.750. The number of aromatic hydroxyl groups is 1. The first kappa shape index (κ1) is 12.8. The number of anilines is 1. The second-order valence-electron chi connectivity index (χ2n) is 4.45. The van der Waals surface area contributed by atoms with Crippen LogP contribution in [-0.2, 0) is 0 Å². The Bertz CT molecular complexity index is 816. The Balaban J connectivity index is 2.21. The predicted octanol–water partition coefficient (Wildman–Crippen LogP) is 3.17. The molecule has 2 heterocycles. The first-order valence-electron chi connectivity index (χ1n) is 6.23. The largest absolute Gasteiger partial charge is 0.508 e. The van der Waals surface area contributed by atoms with Crippen LogP contribution in [0.4, 0.5) is 5.82 Å². The maximum Gasteiger partial charge on any atom is 0.142 e. The van der Waals surface area contributed by atoms with E-state index in [-0.39, 0.29) is 17.1 Å². The topological polar surface area (TPSA) is 96.1 Å². The fourth-order valence-corrected chi connectivity index (χ4v) is 2.09. The van der Waals surface area contributed by atoms with Crippen molar-refractivity contribution in [3.05, 3.63) is 54.3 Å². The fraction of sp³-hybridized carbons (Fsp3) is 0. The minimum atomic E-state index is 0.148. The second kappa shape index (κ2) is 5.02. The van der Waals surface area contributed by atoms with Crippen LogP contribution < -0.4 is 5.73 Å². The van der Waals surface area contributed by atoms with Crippen molar-refractivity contribution < 1.29 is 9.52 Å². The molecule has 3 aromatic rings. The van der Waals surface area contributed by atoms with Gasteiger partial charge in [-0.25, -0.2) is 4.98 Å². The highest BCUT2D eigenvalue weighted by atomic mass is 16.3. The molecule has 0 fully saturated rings. The van der Waals surface area contributed by atoms with Crippen molar-refractivity contribution in [3.8, 4) is 34.4 Å². The molecule has 1 aromatic carbocycles. The number of rotatable bonds is 2. The van der Waals surface area contributed by atoms with Crippen LogP contribution in [0, 0.1) is 11.3 Å². The summed E-state index contributed by atoms with van der Waals surface area (Å²) in [5.74, 6) is 0.877. The average molecular weight is 277 g/mol. The lowest BCUT2D eigenvalue weighted by Gasteiger charge is -2.08. The molecule has 0 aliphatic heterocycles. The summed E-state index contributed by atoms with van der Waals surface area (Å²) in [7, 11) is 0. The number of nitrogens with zero attached hydrogens (tertiary/aromatic N) is 2. The third-order valence-corrected chi connectivity index (χ3v) is 3.11. The molecular formula is C16H11N3O2. The van der Waals surface area contributed by atoms with E-state index >= 15 is 0 Å². The number of aromatic nitrogens is 1. The lowest BCUT2D eigenvalue weighted by atomic mass is 10.0. The highest BCUT2D eigenvalue weighted by Crippen LogP contribution is 2.31. The van der Waals surface area contributed by atoms with Crippen LogP contribution in [-0.4, -0.2) is 10.1 Å². The highest BCUT2D eigenvalue weighted by molar-refractivity contribution is 5.77. The predicted molar refractivity (Wildman–Crippen MR) is 78.2 cm³/mol. The van der Waals surface area contributed by atoms with Gasteiger partial charge in [0.2, 0.25) is 0 Å². The molecule has 3 rings (SSSR count). The molecular weight excluding hydrogens is 266 g/mol. The Morgan fingerprint density at radius 2 is 1.95 bits per heavy atom. The lowest BCUT2D eigenvalue weighted by molar-refractivity contribution is 0.475. The van der Waals surface area contributed by atoms with E-state index in [4.69, 9.17) is 10.2 Å². The molecule has 2 aromatic heterocycles. The number of hydrogen-bond acceptors (Lipinski definition) is 5. The van der Waals surface area contributed by atoms with E-state index < -0.39 is 0 Å². The van der Waals surface area contributed by atoms with E-state index in [1.807, 2.05) is 0 Å². The Morgan fingerprint density at radius 3 is 2.57 bits per heavy atom. The summed E-state index contributed by atoms with van der Waals surface area (Å²) in [4.78, 5) is 4.25. The van der Waals surface area contributed by atoms with E-state index in [1.165, 1.54) is 6.26 Å². The zero-order valence-corrected chi connectivity index (χ0v) is 10.9. The Morgan fingerprint density at radius 1 is 1.19 bits per heavy atom. The number of phenols is 1. The molecule has 0 spiro atoms. The van der Waals surface area contributed by atoms with Crippen LogP contribution in [0.5, 0.6) is 5.75 Å². The Kier molecular flexibility index (Phi) is 3.05. The van der Waals surface area contributed by atoms with E-state index in [1.54, 1.807) is 42.5 Å². The standard InChI is InChI=1S/C16H11N3O2/c17-9-13-12(15-2-1-7-21-15)8-14(19-16(13)18)10-3-5-11(20)6-4-10/h1-8,20H,(H2,18,19). The molecule has 0 bridgehead atoms. The van der Waals surface area contributed by atoms with Crippen LogP contribution in [0.15, 0.2) is 53.1 Å². The van der Waals surface area contributed by atoms with Crippen molar-refractivity contribution in [3.63, 3.8) is 0 Å². The number of furan rings is 1. The van der Waals surface area contributed by atoms with Gasteiger partial charge in [-0.3, -0.25) is 0 Å². The third kappa shape index (κ3) is 2.30. The molecule has 0 saturated carbocycles. The van der Waals surface area contributed by atoms with Gasteiger partial charge in [-0.2, -0.15) is 5.26 Å². The van der Waals surface area contributed by atoms with Crippen molar-refractivity contribution in [1.29, 1.82) is 5.26 Å². The molecule has 5 heteroatoms. The second-order valence-corrected chi connectivity index (χ2v) is 4.45.